The number of nitrogen functional groups attached to an aromatic ring is 1. The van der Waals surface area contributed by atoms with E-state index in [0.717, 1.165) is 41.4 Å². The quantitative estimate of drug-likeness (QED) is 0.281. The molecule has 3 nitrogen and oxygen atoms in total. The van der Waals surface area contributed by atoms with Crippen LogP contribution < -0.4 is 5.73 Å². The lowest BCUT2D eigenvalue weighted by molar-refractivity contribution is 0.00695. The minimum atomic E-state index is -0.463. The van der Waals surface area contributed by atoms with Crippen molar-refractivity contribution in [1.82, 2.24) is 0 Å². The summed E-state index contributed by atoms with van der Waals surface area (Å²) >= 11 is 3.52. The minimum absolute atomic E-state index is 0.262. The van der Waals surface area contributed by atoms with Gasteiger partial charge in [-0.25, -0.2) is 4.79 Å². The van der Waals surface area contributed by atoms with Gasteiger partial charge < -0.3 is 10.5 Å². The van der Waals surface area contributed by atoms with Crippen molar-refractivity contribution in [3.63, 3.8) is 0 Å². The van der Waals surface area contributed by atoms with Crippen LogP contribution in [0.1, 0.15) is 73.5 Å². The van der Waals surface area contributed by atoms with Gasteiger partial charge in [-0.2, -0.15) is 0 Å². The molecule has 2 aromatic carbocycles. The largest absolute Gasteiger partial charge is 0.456 e. The molecule has 0 unspecified atom stereocenters. The summed E-state index contributed by atoms with van der Waals surface area (Å²) in [6.45, 7) is 7.69. The fourth-order valence-electron chi connectivity index (χ4n) is 3.12. The number of esters is 1. The van der Waals surface area contributed by atoms with E-state index in [1.807, 2.05) is 45.0 Å². The Bertz CT molecular complexity index is 791. The SMILES string of the molecule is Cc1c(Br)ccc(CCCCCCc2ccc(C(=O)OC(C)(C)C)cc2)c1N. The van der Waals surface area contributed by atoms with Crippen LogP contribution in [0.2, 0.25) is 0 Å². The van der Waals surface area contributed by atoms with Gasteiger partial charge >= 0.3 is 5.97 Å². The summed E-state index contributed by atoms with van der Waals surface area (Å²) in [5.41, 5.74) is 10.9. The molecule has 0 aliphatic heterocycles. The third-order valence-electron chi connectivity index (χ3n) is 4.79. The summed E-state index contributed by atoms with van der Waals surface area (Å²) in [6, 6.07) is 12.0. The van der Waals surface area contributed by atoms with Crippen molar-refractivity contribution in [1.29, 1.82) is 0 Å². The van der Waals surface area contributed by atoms with E-state index in [2.05, 4.69) is 35.0 Å². The van der Waals surface area contributed by atoms with Crippen LogP contribution in [0, 0.1) is 6.92 Å². The highest BCUT2D eigenvalue weighted by Gasteiger charge is 2.17. The summed E-state index contributed by atoms with van der Waals surface area (Å²) in [5, 5.41) is 0. The lowest BCUT2D eigenvalue weighted by atomic mass is 10.0. The molecule has 0 aliphatic carbocycles. The van der Waals surface area contributed by atoms with Gasteiger partial charge in [0.15, 0.2) is 0 Å². The Labute approximate surface area is 177 Å². The van der Waals surface area contributed by atoms with Crippen LogP contribution in [0.15, 0.2) is 40.9 Å². The molecule has 0 amide bonds. The number of rotatable bonds is 8. The van der Waals surface area contributed by atoms with Crippen molar-refractivity contribution in [2.24, 2.45) is 0 Å². The highest BCUT2D eigenvalue weighted by atomic mass is 79.9. The average molecular weight is 446 g/mol. The second-order valence-corrected chi connectivity index (χ2v) is 9.21. The molecule has 0 radical (unpaired) electrons. The van der Waals surface area contributed by atoms with Crippen LogP contribution in [-0.4, -0.2) is 11.6 Å². The Balaban J connectivity index is 1.70. The maximum Gasteiger partial charge on any atom is 0.338 e. The fraction of sp³-hybridized carbons (Fsp3) is 0.458. The number of nitrogens with two attached hydrogens (primary N) is 1. The van der Waals surface area contributed by atoms with Crippen LogP contribution in [0.5, 0.6) is 0 Å². The van der Waals surface area contributed by atoms with Gasteiger partial charge in [0.2, 0.25) is 0 Å². The molecule has 28 heavy (non-hydrogen) atoms. The molecule has 0 saturated carbocycles. The average Bonchev–Trinajstić information content (AvgIpc) is 2.63. The third-order valence-corrected chi connectivity index (χ3v) is 5.65. The Hall–Kier alpha value is -1.81. The third kappa shape index (κ3) is 6.97. The number of unbranched alkanes of at least 4 members (excludes halogenated alkanes) is 3. The van der Waals surface area contributed by atoms with Crippen LogP contribution in [-0.2, 0) is 17.6 Å². The Morgan fingerprint density at radius 1 is 0.964 bits per heavy atom. The van der Waals surface area contributed by atoms with E-state index in [1.54, 1.807) is 0 Å². The number of aryl methyl sites for hydroxylation is 2. The van der Waals surface area contributed by atoms with Gasteiger partial charge in [0.25, 0.3) is 0 Å². The minimum Gasteiger partial charge on any atom is -0.456 e. The first-order valence-electron chi connectivity index (χ1n) is 10.0. The number of ether oxygens (including phenoxy) is 1. The van der Waals surface area contributed by atoms with E-state index < -0.39 is 5.60 Å². The van der Waals surface area contributed by atoms with Crippen LogP contribution in [0.25, 0.3) is 0 Å². The van der Waals surface area contributed by atoms with Crippen molar-refractivity contribution < 1.29 is 9.53 Å². The second-order valence-electron chi connectivity index (χ2n) is 8.36. The molecule has 0 aromatic heterocycles. The number of carbonyl (C=O) groups is 1. The molecule has 2 N–H and O–H groups in total. The van der Waals surface area contributed by atoms with Gasteiger partial charge in [0.1, 0.15) is 5.60 Å². The number of hydrogen-bond acceptors (Lipinski definition) is 3. The number of benzene rings is 2. The van der Waals surface area contributed by atoms with Crippen molar-refractivity contribution in [3.05, 3.63) is 63.1 Å². The lowest BCUT2D eigenvalue weighted by Crippen LogP contribution is -2.23. The van der Waals surface area contributed by atoms with Crippen molar-refractivity contribution in [2.75, 3.05) is 5.73 Å². The topological polar surface area (TPSA) is 52.3 Å². The van der Waals surface area contributed by atoms with Crippen LogP contribution in [0.3, 0.4) is 0 Å². The molecular weight excluding hydrogens is 414 g/mol. The van der Waals surface area contributed by atoms with E-state index >= 15 is 0 Å². The van der Waals surface area contributed by atoms with Gasteiger partial charge in [-0.1, -0.05) is 47.0 Å². The zero-order valence-corrected chi connectivity index (χ0v) is 19.1. The number of anilines is 1. The molecule has 152 valence electrons. The first-order valence-corrected chi connectivity index (χ1v) is 10.8. The predicted molar refractivity (Wildman–Crippen MR) is 121 cm³/mol. The van der Waals surface area contributed by atoms with Gasteiger partial charge in [-0.15, -0.1) is 0 Å². The molecule has 0 saturated heterocycles. The zero-order chi connectivity index (χ0) is 20.7. The lowest BCUT2D eigenvalue weighted by Gasteiger charge is -2.19. The van der Waals surface area contributed by atoms with Gasteiger partial charge in [0.05, 0.1) is 5.56 Å². The van der Waals surface area contributed by atoms with Crippen LogP contribution >= 0.6 is 15.9 Å². The standard InChI is InChI=1S/C24H32BrNO2/c1-17-21(25)16-15-19(22(17)26)10-8-6-5-7-9-18-11-13-20(14-12-18)23(27)28-24(2,3)4/h11-16H,5-10,26H2,1-4H3. The van der Waals surface area contributed by atoms with Crippen molar-refractivity contribution in [3.8, 4) is 0 Å². The number of hydrogen-bond donors (Lipinski definition) is 1. The fourth-order valence-corrected chi connectivity index (χ4v) is 3.46. The molecule has 2 aromatic rings. The first kappa shape index (κ1) is 22.5. The van der Waals surface area contributed by atoms with Crippen molar-refractivity contribution in [2.45, 2.75) is 71.8 Å². The van der Waals surface area contributed by atoms with E-state index in [9.17, 15) is 4.79 Å². The maximum atomic E-state index is 12.1. The summed E-state index contributed by atoms with van der Waals surface area (Å²) in [5.74, 6) is -0.262. The highest BCUT2D eigenvalue weighted by Crippen LogP contribution is 2.26. The maximum absolute atomic E-state index is 12.1. The molecule has 0 bridgehead atoms. The Morgan fingerprint density at radius 2 is 1.57 bits per heavy atom. The molecule has 0 aliphatic rings. The van der Waals surface area contributed by atoms with E-state index in [0.29, 0.717) is 5.56 Å². The van der Waals surface area contributed by atoms with Gasteiger partial charge in [-0.05, 0) is 88.3 Å². The number of carbonyl (C=O) groups excluding carboxylic acids is 1. The molecule has 2 rings (SSSR count). The monoisotopic (exact) mass is 445 g/mol. The van der Waals surface area contributed by atoms with E-state index in [-0.39, 0.29) is 5.97 Å². The van der Waals surface area contributed by atoms with Crippen molar-refractivity contribution >= 4 is 27.6 Å². The van der Waals surface area contributed by atoms with Gasteiger partial charge in [-0.3, -0.25) is 0 Å². The molecule has 0 spiro atoms. The summed E-state index contributed by atoms with van der Waals surface area (Å²) in [7, 11) is 0. The molecular formula is C24H32BrNO2. The zero-order valence-electron chi connectivity index (χ0n) is 17.5. The summed E-state index contributed by atoms with van der Waals surface area (Å²) in [4.78, 5) is 12.1. The summed E-state index contributed by atoms with van der Waals surface area (Å²) in [6.07, 6.45) is 6.77. The molecule has 0 atom stereocenters. The van der Waals surface area contributed by atoms with Gasteiger partial charge in [0, 0.05) is 10.2 Å². The van der Waals surface area contributed by atoms with Crippen LogP contribution in [0.4, 0.5) is 5.69 Å². The first-order chi connectivity index (χ1) is 13.2. The molecule has 0 heterocycles. The van der Waals surface area contributed by atoms with E-state index in [4.69, 9.17) is 10.5 Å². The number of halogens is 1. The summed E-state index contributed by atoms with van der Waals surface area (Å²) < 4.78 is 6.47. The second kappa shape index (κ2) is 10.1. The molecule has 4 heteroatoms. The highest BCUT2D eigenvalue weighted by molar-refractivity contribution is 9.10. The molecule has 0 fully saturated rings. The Morgan fingerprint density at radius 3 is 2.18 bits per heavy atom. The normalized spacial score (nSPS) is 11.5. The smallest absolute Gasteiger partial charge is 0.338 e. The predicted octanol–water partition coefficient (Wildman–Crippen LogP) is 6.64. The van der Waals surface area contributed by atoms with E-state index in [1.165, 1.54) is 24.0 Å². The Kier molecular flexibility index (Phi) is 8.11.